The molecular formula is C17H16BrN3O3S. The number of ether oxygens (including phenoxy) is 1. The molecule has 2 aromatic carbocycles. The van der Waals surface area contributed by atoms with Crippen molar-refractivity contribution in [2.45, 2.75) is 6.42 Å². The van der Waals surface area contributed by atoms with Crippen molar-refractivity contribution in [3.8, 4) is 5.75 Å². The van der Waals surface area contributed by atoms with Gasteiger partial charge >= 0.3 is 0 Å². The molecule has 0 unspecified atom stereocenters. The van der Waals surface area contributed by atoms with Gasteiger partial charge in [-0.2, -0.15) is 0 Å². The quantitative estimate of drug-likeness (QED) is 0.521. The second kappa shape index (κ2) is 9.14. The summed E-state index contributed by atoms with van der Waals surface area (Å²) in [4.78, 5) is 24.0. The molecule has 2 amide bonds. The smallest absolute Gasteiger partial charge is 0.270 e. The Morgan fingerprint density at radius 2 is 1.76 bits per heavy atom. The topological polar surface area (TPSA) is 79.5 Å². The Kier molecular flexibility index (Phi) is 6.91. The molecule has 0 aliphatic heterocycles. The van der Waals surface area contributed by atoms with Gasteiger partial charge in [0.1, 0.15) is 5.75 Å². The van der Waals surface area contributed by atoms with Crippen LogP contribution in [0.25, 0.3) is 0 Å². The fourth-order valence-corrected chi connectivity index (χ4v) is 2.59. The predicted molar refractivity (Wildman–Crippen MR) is 102 cm³/mol. The molecule has 0 aromatic heterocycles. The van der Waals surface area contributed by atoms with E-state index in [1.807, 2.05) is 0 Å². The number of rotatable bonds is 4. The average Bonchev–Trinajstić information content (AvgIpc) is 2.60. The number of halogens is 1. The second-order valence-corrected chi connectivity index (χ2v) is 6.22. The van der Waals surface area contributed by atoms with E-state index >= 15 is 0 Å². The number of thiocarbonyl (C=S) groups is 1. The van der Waals surface area contributed by atoms with E-state index in [4.69, 9.17) is 17.0 Å². The monoisotopic (exact) mass is 421 g/mol. The van der Waals surface area contributed by atoms with Crippen molar-refractivity contribution in [1.29, 1.82) is 0 Å². The third-order valence-corrected chi connectivity index (χ3v) is 4.08. The minimum absolute atomic E-state index is 0.0129. The lowest BCUT2D eigenvalue weighted by Crippen LogP contribution is -2.48. The van der Waals surface area contributed by atoms with Gasteiger partial charge in [-0.1, -0.05) is 24.3 Å². The number of nitrogens with one attached hydrogen (secondary N) is 3. The molecule has 25 heavy (non-hydrogen) atoms. The van der Waals surface area contributed by atoms with Crippen LogP contribution in [0.4, 0.5) is 0 Å². The van der Waals surface area contributed by atoms with E-state index in [1.165, 1.54) is 0 Å². The van der Waals surface area contributed by atoms with Crippen molar-refractivity contribution < 1.29 is 14.3 Å². The number of methoxy groups -OCH3 is 1. The fourth-order valence-electron chi connectivity index (χ4n) is 1.96. The van der Waals surface area contributed by atoms with Crippen LogP contribution < -0.4 is 20.9 Å². The average molecular weight is 422 g/mol. The van der Waals surface area contributed by atoms with E-state index in [0.29, 0.717) is 10.0 Å². The molecule has 6 nitrogen and oxygen atoms in total. The van der Waals surface area contributed by atoms with Crippen molar-refractivity contribution >= 4 is 45.1 Å². The van der Waals surface area contributed by atoms with Crippen LogP contribution in [0.1, 0.15) is 15.9 Å². The summed E-state index contributed by atoms with van der Waals surface area (Å²) < 4.78 is 5.72. The number of hydrazine groups is 1. The van der Waals surface area contributed by atoms with Crippen molar-refractivity contribution in [1.82, 2.24) is 16.2 Å². The molecule has 0 aliphatic rings. The first-order valence-corrected chi connectivity index (χ1v) is 8.47. The molecule has 0 saturated carbocycles. The lowest BCUT2D eigenvalue weighted by molar-refractivity contribution is -0.119. The van der Waals surface area contributed by atoms with Crippen LogP contribution in [0.5, 0.6) is 5.75 Å². The van der Waals surface area contributed by atoms with Gasteiger partial charge < -0.3 is 10.1 Å². The number of hydrogen-bond acceptors (Lipinski definition) is 4. The minimum atomic E-state index is -0.376. The molecule has 0 bridgehead atoms. The molecule has 0 saturated heterocycles. The maximum atomic E-state index is 12.0. The third kappa shape index (κ3) is 5.84. The van der Waals surface area contributed by atoms with Crippen LogP contribution in [0, 0.1) is 0 Å². The first kappa shape index (κ1) is 18.9. The normalized spacial score (nSPS) is 9.84. The Balaban J connectivity index is 1.80. The van der Waals surface area contributed by atoms with Gasteiger partial charge in [-0.15, -0.1) is 0 Å². The van der Waals surface area contributed by atoms with Crippen molar-refractivity contribution in [3.63, 3.8) is 0 Å². The van der Waals surface area contributed by atoms with E-state index in [-0.39, 0.29) is 23.3 Å². The Morgan fingerprint density at radius 1 is 1.08 bits per heavy atom. The molecule has 3 N–H and O–H groups in total. The SMILES string of the molecule is COc1ccc(CC(=O)NC(=S)NNC(=O)c2ccccc2Br)cc1. The largest absolute Gasteiger partial charge is 0.497 e. The number of carbonyl (C=O) groups is 2. The Hall–Kier alpha value is -2.45. The molecule has 0 spiro atoms. The van der Waals surface area contributed by atoms with Gasteiger partial charge in [-0.3, -0.25) is 20.4 Å². The zero-order valence-corrected chi connectivity index (χ0v) is 15.7. The summed E-state index contributed by atoms with van der Waals surface area (Å²) in [5, 5.41) is 2.52. The maximum Gasteiger partial charge on any atom is 0.270 e. The molecule has 0 heterocycles. The number of hydrogen-bond donors (Lipinski definition) is 3. The van der Waals surface area contributed by atoms with Gasteiger partial charge in [-0.25, -0.2) is 0 Å². The molecule has 8 heteroatoms. The van der Waals surface area contributed by atoms with Gasteiger partial charge in [0.2, 0.25) is 5.91 Å². The molecule has 0 fully saturated rings. The minimum Gasteiger partial charge on any atom is -0.497 e. The predicted octanol–water partition coefficient (Wildman–Crippen LogP) is 2.34. The van der Waals surface area contributed by atoms with E-state index in [0.717, 1.165) is 11.3 Å². The van der Waals surface area contributed by atoms with Crippen molar-refractivity contribution in [2.75, 3.05) is 7.11 Å². The highest BCUT2D eigenvalue weighted by Crippen LogP contribution is 2.15. The van der Waals surface area contributed by atoms with Crippen LogP contribution in [0.2, 0.25) is 0 Å². The van der Waals surface area contributed by atoms with Gasteiger partial charge in [0.25, 0.3) is 5.91 Å². The first-order chi connectivity index (χ1) is 12.0. The molecule has 2 aromatic rings. The van der Waals surface area contributed by atoms with E-state index in [1.54, 1.807) is 55.6 Å². The zero-order chi connectivity index (χ0) is 18.2. The lowest BCUT2D eigenvalue weighted by atomic mass is 10.1. The summed E-state index contributed by atoms with van der Waals surface area (Å²) in [5.41, 5.74) is 6.20. The fraction of sp³-hybridized carbons (Fsp3) is 0.118. The van der Waals surface area contributed by atoms with Gasteiger partial charge in [-0.05, 0) is 58.0 Å². The first-order valence-electron chi connectivity index (χ1n) is 7.27. The van der Waals surface area contributed by atoms with E-state index in [9.17, 15) is 9.59 Å². The molecule has 0 atom stereocenters. The van der Waals surface area contributed by atoms with Crippen LogP contribution in [-0.4, -0.2) is 24.0 Å². The Labute approximate surface area is 159 Å². The summed E-state index contributed by atoms with van der Waals surface area (Å²) in [6, 6.07) is 14.1. The number of amides is 2. The summed E-state index contributed by atoms with van der Waals surface area (Å²) >= 11 is 8.29. The molecule has 2 rings (SSSR count). The summed E-state index contributed by atoms with van der Waals surface area (Å²) in [6.07, 6.45) is 0.157. The van der Waals surface area contributed by atoms with Crippen LogP contribution >= 0.6 is 28.1 Å². The third-order valence-electron chi connectivity index (χ3n) is 3.18. The van der Waals surface area contributed by atoms with E-state index < -0.39 is 0 Å². The highest BCUT2D eigenvalue weighted by Gasteiger charge is 2.10. The van der Waals surface area contributed by atoms with Gasteiger partial charge in [0.05, 0.1) is 19.1 Å². The van der Waals surface area contributed by atoms with Crippen molar-refractivity contribution in [2.24, 2.45) is 0 Å². The molecule has 0 radical (unpaired) electrons. The molecule has 130 valence electrons. The Bertz CT molecular complexity index is 781. The molecular weight excluding hydrogens is 406 g/mol. The second-order valence-electron chi connectivity index (χ2n) is 4.96. The standard InChI is InChI=1S/C17H16BrN3O3S/c1-24-12-8-6-11(7-9-12)10-15(22)19-17(25)21-20-16(23)13-4-2-3-5-14(13)18/h2-9H,10H2,1H3,(H,20,23)(H2,19,21,22,25). The highest BCUT2D eigenvalue weighted by molar-refractivity contribution is 9.10. The van der Waals surface area contributed by atoms with Crippen molar-refractivity contribution in [3.05, 3.63) is 64.1 Å². The molecule has 0 aliphatic carbocycles. The summed E-state index contributed by atoms with van der Waals surface area (Å²) in [7, 11) is 1.58. The highest BCUT2D eigenvalue weighted by atomic mass is 79.9. The maximum absolute atomic E-state index is 12.0. The summed E-state index contributed by atoms with van der Waals surface area (Å²) in [6.45, 7) is 0. The Morgan fingerprint density at radius 3 is 2.40 bits per heavy atom. The number of carbonyl (C=O) groups excluding carboxylic acids is 2. The van der Waals surface area contributed by atoms with Gasteiger partial charge in [0, 0.05) is 4.47 Å². The van der Waals surface area contributed by atoms with Crippen LogP contribution in [0.15, 0.2) is 53.0 Å². The van der Waals surface area contributed by atoms with Crippen LogP contribution in [0.3, 0.4) is 0 Å². The number of benzene rings is 2. The van der Waals surface area contributed by atoms with Gasteiger partial charge in [0.15, 0.2) is 5.11 Å². The lowest BCUT2D eigenvalue weighted by Gasteiger charge is -2.11. The van der Waals surface area contributed by atoms with Crippen LogP contribution in [-0.2, 0) is 11.2 Å². The summed E-state index contributed by atoms with van der Waals surface area (Å²) in [5.74, 6) is 0.0492. The van der Waals surface area contributed by atoms with E-state index in [2.05, 4.69) is 32.1 Å². The zero-order valence-electron chi connectivity index (χ0n) is 13.3.